The number of aryl methyl sites for hydroxylation is 1. The van der Waals surface area contributed by atoms with Crippen molar-refractivity contribution in [1.29, 1.82) is 0 Å². The lowest BCUT2D eigenvalue weighted by Crippen LogP contribution is -2.20. The van der Waals surface area contributed by atoms with Gasteiger partial charge in [-0.05, 0) is 19.9 Å². The summed E-state index contributed by atoms with van der Waals surface area (Å²) in [6, 6.07) is 0.312. The number of nitrogens with one attached hydrogen (secondary N) is 1. The van der Waals surface area contributed by atoms with Gasteiger partial charge in [-0.1, -0.05) is 0 Å². The number of hydrogen-bond acceptors (Lipinski definition) is 4. The maximum atomic E-state index is 8.51. The van der Waals surface area contributed by atoms with Crippen LogP contribution in [0, 0.1) is 0 Å². The predicted molar refractivity (Wildman–Crippen MR) is 62.1 cm³/mol. The summed E-state index contributed by atoms with van der Waals surface area (Å²) in [6.07, 6.45) is 4.84. The molecule has 0 saturated carbocycles. The fraction of sp³-hybridized carbons (Fsp3) is 0.727. The fourth-order valence-corrected chi connectivity index (χ4v) is 1.44. The molecule has 1 unspecified atom stereocenters. The third-order valence-corrected chi connectivity index (χ3v) is 2.38. The van der Waals surface area contributed by atoms with Gasteiger partial charge in [0.15, 0.2) is 0 Å². The quantitative estimate of drug-likeness (QED) is 0.634. The lowest BCUT2D eigenvalue weighted by molar-refractivity contribution is 0.0904. The molecule has 1 aromatic rings. The largest absolute Gasteiger partial charge is 0.394 e. The van der Waals surface area contributed by atoms with Crippen LogP contribution in [0.1, 0.15) is 24.9 Å². The Hall–Kier alpha value is -0.910. The number of aromatic nitrogens is 2. The topological polar surface area (TPSA) is 59.3 Å². The first-order valence-corrected chi connectivity index (χ1v) is 5.64. The van der Waals surface area contributed by atoms with E-state index in [1.54, 1.807) is 4.68 Å². The summed E-state index contributed by atoms with van der Waals surface area (Å²) in [5.41, 5.74) is 1.19. The minimum absolute atomic E-state index is 0.0967. The lowest BCUT2D eigenvalue weighted by Gasteiger charge is -2.11. The van der Waals surface area contributed by atoms with Gasteiger partial charge >= 0.3 is 0 Å². The third kappa shape index (κ3) is 4.74. The van der Waals surface area contributed by atoms with Crippen molar-refractivity contribution in [3.63, 3.8) is 0 Å². The maximum Gasteiger partial charge on any atom is 0.0697 e. The molecule has 0 fully saturated rings. The van der Waals surface area contributed by atoms with Crippen LogP contribution in [0.3, 0.4) is 0 Å². The van der Waals surface area contributed by atoms with E-state index in [1.165, 1.54) is 5.56 Å². The second-order valence-electron chi connectivity index (χ2n) is 3.81. The number of aliphatic hydroxyl groups is 1. The highest BCUT2D eigenvalue weighted by atomic mass is 16.5. The minimum atomic E-state index is 0.0967. The molecule has 5 nitrogen and oxygen atoms in total. The van der Waals surface area contributed by atoms with Crippen molar-refractivity contribution >= 4 is 0 Å². The molecule has 0 aliphatic rings. The zero-order chi connectivity index (χ0) is 11.8. The summed E-state index contributed by atoms with van der Waals surface area (Å²) in [5.74, 6) is 0. The maximum absolute atomic E-state index is 8.51. The number of aliphatic hydroxyl groups excluding tert-OH is 1. The Labute approximate surface area is 96.4 Å². The van der Waals surface area contributed by atoms with Gasteiger partial charge in [0.05, 0.1) is 19.4 Å². The highest BCUT2D eigenvalue weighted by Crippen LogP contribution is 2.09. The lowest BCUT2D eigenvalue weighted by atomic mass is 10.2. The van der Waals surface area contributed by atoms with Gasteiger partial charge in [-0.3, -0.25) is 4.68 Å². The van der Waals surface area contributed by atoms with Crippen molar-refractivity contribution in [3.8, 4) is 0 Å². The van der Waals surface area contributed by atoms with Crippen LogP contribution in [0.4, 0.5) is 0 Å². The summed E-state index contributed by atoms with van der Waals surface area (Å²) in [6.45, 7) is 4.23. The molecule has 1 heterocycles. The van der Waals surface area contributed by atoms with Crippen LogP contribution in [0.5, 0.6) is 0 Å². The monoisotopic (exact) mass is 227 g/mol. The summed E-state index contributed by atoms with van der Waals surface area (Å²) in [4.78, 5) is 0. The van der Waals surface area contributed by atoms with Gasteiger partial charge in [0.1, 0.15) is 0 Å². The molecule has 0 aromatic carbocycles. The number of rotatable bonds is 8. The molecule has 0 bridgehead atoms. The summed E-state index contributed by atoms with van der Waals surface area (Å²) in [7, 11) is 1.92. The first-order valence-electron chi connectivity index (χ1n) is 5.64. The van der Waals surface area contributed by atoms with Crippen LogP contribution >= 0.6 is 0 Å². The van der Waals surface area contributed by atoms with Crippen LogP contribution in [0.2, 0.25) is 0 Å². The molecular formula is C11H21N3O2. The van der Waals surface area contributed by atoms with Gasteiger partial charge in [-0.25, -0.2) is 0 Å². The molecule has 5 heteroatoms. The normalized spacial score (nSPS) is 12.9. The Morgan fingerprint density at radius 3 is 3.00 bits per heavy atom. The predicted octanol–water partition coefficient (Wildman–Crippen LogP) is 0.470. The van der Waals surface area contributed by atoms with Gasteiger partial charge in [-0.15, -0.1) is 0 Å². The zero-order valence-corrected chi connectivity index (χ0v) is 10.0. The van der Waals surface area contributed by atoms with Crippen molar-refractivity contribution in [2.75, 3.05) is 26.4 Å². The number of hydrogen-bond donors (Lipinski definition) is 2. The van der Waals surface area contributed by atoms with E-state index in [2.05, 4.69) is 17.3 Å². The second-order valence-corrected chi connectivity index (χ2v) is 3.81. The van der Waals surface area contributed by atoms with E-state index in [9.17, 15) is 0 Å². The van der Waals surface area contributed by atoms with E-state index >= 15 is 0 Å². The third-order valence-electron chi connectivity index (χ3n) is 2.38. The molecule has 0 aliphatic heterocycles. The molecule has 16 heavy (non-hydrogen) atoms. The average Bonchev–Trinajstić information content (AvgIpc) is 2.70. The first kappa shape index (κ1) is 13.2. The Morgan fingerprint density at radius 1 is 1.56 bits per heavy atom. The second kappa shape index (κ2) is 7.38. The summed E-state index contributed by atoms with van der Waals surface area (Å²) >= 11 is 0. The van der Waals surface area contributed by atoms with E-state index in [-0.39, 0.29) is 6.61 Å². The first-order chi connectivity index (χ1) is 7.74. The van der Waals surface area contributed by atoms with Crippen LogP contribution in [0.15, 0.2) is 12.4 Å². The van der Waals surface area contributed by atoms with E-state index in [1.807, 2.05) is 19.4 Å². The molecule has 0 amide bonds. The van der Waals surface area contributed by atoms with Crippen LogP contribution in [-0.2, 0) is 11.8 Å². The zero-order valence-electron chi connectivity index (χ0n) is 10.0. The molecule has 2 N–H and O–H groups in total. The summed E-state index contributed by atoms with van der Waals surface area (Å²) in [5, 5.41) is 16.0. The minimum Gasteiger partial charge on any atom is -0.394 e. The highest BCUT2D eigenvalue weighted by molar-refractivity contribution is 5.08. The molecule has 0 spiro atoms. The standard InChI is InChI=1S/C11H21N3O2/c1-10(11-8-13-14(2)9-11)12-4-3-6-16-7-5-15/h8-10,12,15H,3-7H2,1-2H3. The Morgan fingerprint density at radius 2 is 2.38 bits per heavy atom. The van der Waals surface area contributed by atoms with Gasteiger partial charge in [-0.2, -0.15) is 5.10 Å². The smallest absolute Gasteiger partial charge is 0.0697 e. The molecule has 0 radical (unpaired) electrons. The molecule has 0 aliphatic carbocycles. The van der Waals surface area contributed by atoms with Crippen molar-refractivity contribution < 1.29 is 9.84 Å². The van der Waals surface area contributed by atoms with Gasteiger partial charge in [0.25, 0.3) is 0 Å². The van der Waals surface area contributed by atoms with E-state index < -0.39 is 0 Å². The molecule has 1 atom stereocenters. The Kier molecular flexibility index (Phi) is 6.07. The molecule has 92 valence electrons. The van der Waals surface area contributed by atoms with Crippen molar-refractivity contribution in [3.05, 3.63) is 18.0 Å². The Bertz CT molecular complexity index is 289. The van der Waals surface area contributed by atoms with E-state index in [4.69, 9.17) is 9.84 Å². The molecule has 1 aromatic heterocycles. The van der Waals surface area contributed by atoms with E-state index in [0.29, 0.717) is 19.3 Å². The number of ether oxygens (including phenoxy) is 1. The molecular weight excluding hydrogens is 206 g/mol. The van der Waals surface area contributed by atoms with Crippen molar-refractivity contribution in [1.82, 2.24) is 15.1 Å². The van der Waals surface area contributed by atoms with E-state index in [0.717, 1.165) is 13.0 Å². The van der Waals surface area contributed by atoms with Crippen LogP contribution in [-0.4, -0.2) is 41.3 Å². The van der Waals surface area contributed by atoms with Crippen molar-refractivity contribution in [2.45, 2.75) is 19.4 Å². The van der Waals surface area contributed by atoms with Crippen LogP contribution < -0.4 is 5.32 Å². The van der Waals surface area contributed by atoms with Gasteiger partial charge < -0.3 is 15.2 Å². The molecule has 0 saturated heterocycles. The number of nitrogens with zero attached hydrogens (tertiary/aromatic N) is 2. The molecule has 1 rings (SSSR count). The van der Waals surface area contributed by atoms with Crippen molar-refractivity contribution in [2.24, 2.45) is 7.05 Å². The average molecular weight is 227 g/mol. The SMILES string of the molecule is CC(NCCCOCCO)c1cnn(C)c1. The Balaban J connectivity index is 2.09. The van der Waals surface area contributed by atoms with Crippen LogP contribution in [0.25, 0.3) is 0 Å². The highest BCUT2D eigenvalue weighted by Gasteiger charge is 2.05. The summed E-state index contributed by atoms with van der Waals surface area (Å²) < 4.78 is 6.97. The van der Waals surface area contributed by atoms with Gasteiger partial charge in [0, 0.05) is 31.5 Å². The fourth-order valence-electron chi connectivity index (χ4n) is 1.44. The van der Waals surface area contributed by atoms with Gasteiger partial charge in [0.2, 0.25) is 0 Å².